The lowest BCUT2D eigenvalue weighted by molar-refractivity contribution is -0.875. The van der Waals surface area contributed by atoms with Crippen molar-refractivity contribution in [3.8, 4) is 0 Å². The molecular formula is C58H124N8+8. The Balaban J connectivity index is -0.0000000982. The third-order valence-electron chi connectivity index (χ3n) is 10.8. The third-order valence-corrected chi connectivity index (χ3v) is 10.8. The third kappa shape index (κ3) is 51.5. The second-order valence-corrected chi connectivity index (χ2v) is 16.5. The summed E-state index contributed by atoms with van der Waals surface area (Å²) in [5.74, 6) is 0. The molecule has 0 bridgehead atoms. The first-order chi connectivity index (χ1) is 29.5. The SMILES string of the molecule is C.C.C.C.CC[NH+](C)C.CC[NH+](C)C.CC[NH+](C)C.CC[NH+](C)CC.CC[NH+](C)c1ccccc1.CC[NH+](C)c1ccccc1.CC[NH+](C)c1ccccc1.CC[NH+](CC)c1ccccc1. The number of quaternary nitrogens is 8. The standard InChI is InChI=1S/C10H15N.3C9H13N.C5H13N.3C4H11N.4CH4/c1-3-11(4-2)10-8-6-5-7-9-10;3*1-3-10(2)9-7-5-4-6-8-9;1-4-6(3)5-2;3*1-4-5(2)3;;;;/h5-9H,3-4H2,1-2H3;3*4-8H,3H2,1-2H3;4-5H2,1-3H3;3*4H2,1-3H3;4*1H4/p+8. The van der Waals surface area contributed by atoms with Crippen molar-refractivity contribution in [1.82, 2.24) is 0 Å². The maximum atomic E-state index is 2.21. The van der Waals surface area contributed by atoms with Gasteiger partial charge in [0.1, 0.15) is 22.7 Å². The Hall–Kier alpha value is -3.44. The van der Waals surface area contributed by atoms with Crippen LogP contribution in [0.15, 0.2) is 121 Å². The molecule has 8 N–H and O–H groups in total. The molecule has 388 valence electrons. The van der Waals surface area contributed by atoms with Crippen molar-refractivity contribution in [2.24, 2.45) is 0 Å². The van der Waals surface area contributed by atoms with Crippen LogP contribution < -0.4 is 39.2 Å². The summed E-state index contributed by atoms with van der Waals surface area (Å²) in [6.45, 7) is 33.8. The van der Waals surface area contributed by atoms with Gasteiger partial charge in [0, 0.05) is 0 Å². The van der Waals surface area contributed by atoms with Crippen molar-refractivity contribution in [3.05, 3.63) is 121 Å². The van der Waals surface area contributed by atoms with Crippen molar-refractivity contribution in [3.63, 3.8) is 0 Å². The molecule has 8 heteroatoms. The number of nitrogens with one attached hydrogen (secondary N) is 8. The summed E-state index contributed by atoms with van der Waals surface area (Å²) in [6.07, 6.45) is 0. The maximum Gasteiger partial charge on any atom is 0.131 e. The predicted molar refractivity (Wildman–Crippen MR) is 304 cm³/mol. The molecule has 3 atom stereocenters. The minimum atomic E-state index is 0. The van der Waals surface area contributed by atoms with E-state index in [4.69, 9.17) is 0 Å². The minimum absolute atomic E-state index is 0. The van der Waals surface area contributed by atoms with E-state index >= 15 is 0 Å². The lowest BCUT2D eigenvalue weighted by atomic mass is 10.3. The number of para-hydroxylation sites is 4. The highest BCUT2D eigenvalue weighted by molar-refractivity contribution is 5.29. The van der Waals surface area contributed by atoms with Crippen LogP contribution in [-0.4, -0.2) is 136 Å². The lowest BCUT2D eigenvalue weighted by Crippen LogP contribution is -3.08. The van der Waals surface area contributed by atoms with E-state index in [9.17, 15) is 0 Å². The summed E-state index contributed by atoms with van der Waals surface area (Å²) >= 11 is 0. The highest BCUT2D eigenvalue weighted by atomic mass is 15.1. The minimum Gasteiger partial charge on any atom is -0.340 e. The zero-order valence-electron chi connectivity index (χ0n) is 44.6. The molecule has 3 unspecified atom stereocenters. The topological polar surface area (TPSA) is 35.5 Å². The van der Waals surface area contributed by atoms with Crippen molar-refractivity contribution >= 4 is 22.7 Å². The second-order valence-electron chi connectivity index (χ2n) is 16.5. The van der Waals surface area contributed by atoms with Crippen LogP contribution in [0.5, 0.6) is 0 Å². The molecule has 0 heterocycles. The molecule has 0 aliphatic heterocycles. The zero-order chi connectivity index (χ0) is 48.1. The Morgan fingerprint density at radius 2 is 0.424 bits per heavy atom. The Labute approximate surface area is 416 Å². The highest BCUT2D eigenvalue weighted by Crippen LogP contribution is 1.99. The summed E-state index contributed by atoms with van der Waals surface area (Å²) in [5.41, 5.74) is 5.50. The van der Waals surface area contributed by atoms with Gasteiger partial charge in [-0.2, -0.15) is 0 Å². The molecule has 0 saturated heterocycles. The van der Waals surface area contributed by atoms with E-state index in [2.05, 4.69) is 243 Å². The molecule has 4 aromatic carbocycles. The van der Waals surface area contributed by atoms with Crippen molar-refractivity contribution in [2.75, 3.05) is 136 Å². The molecular weight excluding hydrogens is 809 g/mol. The van der Waals surface area contributed by atoms with Crippen LogP contribution in [0.4, 0.5) is 22.7 Å². The van der Waals surface area contributed by atoms with Gasteiger partial charge in [-0.1, -0.05) is 103 Å². The van der Waals surface area contributed by atoms with Gasteiger partial charge in [-0.05, 0) is 118 Å². The van der Waals surface area contributed by atoms with Gasteiger partial charge in [-0.3, -0.25) is 0 Å². The molecule has 0 spiro atoms. The van der Waals surface area contributed by atoms with E-state index in [0.29, 0.717) is 0 Å². The molecule has 0 amide bonds. The van der Waals surface area contributed by atoms with E-state index in [-0.39, 0.29) is 29.7 Å². The van der Waals surface area contributed by atoms with Gasteiger partial charge in [-0.25, -0.2) is 0 Å². The molecule has 0 aliphatic carbocycles. The Bertz CT molecular complexity index is 1250. The average Bonchev–Trinajstić information content (AvgIpc) is 3.33. The fraction of sp³-hybridized carbons (Fsp3) is 0.586. The average molecular weight is 934 g/mol. The van der Waals surface area contributed by atoms with E-state index in [1.165, 1.54) is 98.0 Å². The molecule has 0 fully saturated rings. The first-order valence-electron chi connectivity index (χ1n) is 24.2. The highest BCUT2D eigenvalue weighted by Gasteiger charge is 2.04. The van der Waals surface area contributed by atoms with Gasteiger partial charge in [-0.15, -0.1) is 0 Å². The quantitative estimate of drug-likeness (QED) is 0.0958. The van der Waals surface area contributed by atoms with E-state index < -0.39 is 0 Å². The lowest BCUT2D eigenvalue weighted by Gasteiger charge is -2.13. The molecule has 0 saturated carbocycles. The van der Waals surface area contributed by atoms with Gasteiger partial charge in [0.15, 0.2) is 0 Å². The Morgan fingerprint density at radius 1 is 0.242 bits per heavy atom. The number of hydrogen-bond donors (Lipinski definition) is 8. The summed E-state index contributed by atoms with van der Waals surface area (Å²) in [5, 5.41) is 0. The number of hydrogen-bond acceptors (Lipinski definition) is 0. The van der Waals surface area contributed by atoms with Crippen LogP contribution in [0, 0.1) is 0 Å². The normalized spacial score (nSPS) is 10.7. The van der Waals surface area contributed by atoms with Gasteiger partial charge in [0.25, 0.3) is 0 Å². The fourth-order valence-electron chi connectivity index (χ4n) is 4.36. The summed E-state index contributed by atoms with van der Waals surface area (Å²) < 4.78 is 0. The van der Waals surface area contributed by atoms with Crippen LogP contribution in [0.25, 0.3) is 0 Å². The number of rotatable bonds is 14. The first-order valence-corrected chi connectivity index (χ1v) is 24.2. The first kappa shape index (κ1) is 79.6. The van der Waals surface area contributed by atoms with Crippen LogP contribution >= 0.6 is 0 Å². The van der Waals surface area contributed by atoms with Crippen LogP contribution in [0.1, 0.15) is 98.9 Å². The molecule has 0 aliphatic rings. The monoisotopic (exact) mass is 933 g/mol. The fourth-order valence-corrected chi connectivity index (χ4v) is 4.36. The molecule has 0 aromatic heterocycles. The Kier molecular flexibility index (Phi) is 69.6. The van der Waals surface area contributed by atoms with E-state index in [1.807, 2.05) is 18.2 Å². The van der Waals surface area contributed by atoms with Crippen molar-refractivity contribution < 1.29 is 39.2 Å². The van der Waals surface area contributed by atoms with Gasteiger partial charge < -0.3 is 39.2 Å². The summed E-state index contributed by atoms with van der Waals surface area (Å²) in [7, 11) is 21.6. The van der Waals surface area contributed by atoms with Crippen molar-refractivity contribution in [2.45, 2.75) is 98.9 Å². The molecule has 8 nitrogen and oxygen atoms in total. The van der Waals surface area contributed by atoms with Gasteiger partial charge >= 0.3 is 0 Å². The zero-order valence-corrected chi connectivity index (χ0v) is 44.6. The maximum absolute atomic E-state index is 2.21. The van der Waals surface area contributed by atoms with E-state index in [0.717, 1.165) is 19.6 Å². The van der Waals surface area contributed by atoms with Gasteiger partial charge in [0.05, 0.1) is 136 Å². The second kappa shape index (κ2) is 57.7. The summed E-state index contributed by atoms with van der Waals surface area (Å²) in [6, 6.07) is 42.1. The smallest absolute Gasteiger partial charge is 0.131 e. The van der Waals surface area contributed by atoms with Crippen molar-refractivity contribution in [1.29, 1.82) is 0 Å². The predicted octanol–water partition coefficient (Wildman–Crippen LogP) is 3.34. The van der Waals surface area contributed by atoms with Crippen LogP contribution in [-0.2, 0) is 0 Å². The van der Waals surface area contributed by atoms with Gasteiger partial charge in [0.2, 0.25) is 0 Å². The number of benzene rings is 4. The van der Waals surface area contributed by atoms with Crippen LogP contribution in [0.3, 0.4) is 0 Å². The van der Waals surface area contributed by atoms with Crippen LogP contribution in [0.2, 0.25) is 0 Å². The molecule has 66 heavy (non-hydrogen) atoms. The molecule has 4 aromatic rings. The summed E-state index contributed by atoms with van der Waals surface area (Å²) in [4.78, 5) is 12.0. The molecule has 4 rings (SSSR count). The Morgan fingerprint density at radius 3 is 0.545 bits per heavy atom. The largest absolute Gasteiger partial charge is 0.340 e. The molecule has 0 radical (unpaired) electrons. The van der Waals surface area contributed by atoms with E-state index in [1.54, 1.807) is 9.80 Å².